The van der Waals surface area contributed by atoms with E-state index in [2.05, 4.69) is 15.0 Å². The average molecular weight is 415 g/mol. The minimum Gasteiger partial charge on any atom is -0.361 e. The van der Waals surface area contributed by atoms with Gasteiger partial charge in [-0.1, -0.05) is 28.1 Å². The maximum Gasteiger partial charge on any atom is 0.282 e. The van der Waals surface area contributed by atoms with Gasteiger partial charge < -0.3 is 9.42 Å². The van der Waals surface area contributed by atoms with Crippen LogP contribution in [0.2, 0.25) is 5.02 Å². The maximum atomic E-state index is 12.9. The number of hydrogen-bond donors (Lipinski definition) is 0. The summed E-state index contributed by atoms with van der Waals surface area (Å²) >= 11 is 7.50. The topological polar surface area (TPSA) is 62.5 Å². The summed E-state index contributed by atoms with van der Waals surface area (Å²) in [4.78, 5) is 21.3. The molecular formula is C17H20Cl2N4O2S. The second-order valence-corrected chi connectivity index (χ2v) is 7.49. The molecule has 2 aromatic heterocycles. The largest absolute Gasteiger partial charge is 0.361 e. The molecule has 140 valence electrons. The highest BCUT2D eigenvalue weighted by Gasteiger charge is 2.23. The minimum atomic E-state index is -0.208. The number of fused-ring (bicyclic) bond motifs is 1. The molecule has 3 rings (SSSR count). The Morgan fingerprint density at radius 1 is 1.27 bits per heavy atom. The summed E-state index contributed by atoms with van der Waals surface area (Å²) in [7, 11) is 4.01. The van der Waals surface area contributed by atoms with Gasteiger partial charge >= 0.3 is 0 Å². The Balaban J connectivity index is 0.00000243. The third-order valence-electron chi connectivity index (χ3n) is 3.65. The molecule has 3 aromatic rings. The second kappa shape index (κ2) is 8.81. The van der Waals surface area contributed by atoms with E-state index in [9.17, 15) is 4.79 Å². The predicted molar refractivity (Wildman–Crippen MR) is 108 cm³/mol. The van der Waals surface area contributed by atoms with Crippen molar-refractivity contribution in [2.24, 2.45) is 0 Å². The fourth-order valence-electron chi connectivity index (χ4n) is 2.44. The first-order chi connectivity index (χ1) is 11.9. The van der Waals surface area contributed by atoms with Crippen LogP contribution in [0, 0.1) is 6.92 Å². The van der Waals surface area contributed by atoms with E-state index in [1.807, 2.05) is 26.2 Å². The van der Waals surface area contributed by atoms with Crippen molar-refractivity contribution in [2.75, 3.05) is 32.1 Å². The molecule has 0 atom stereocenters. The van der Waals surface area contributed by atoms with Crippen molar-refractivity contribution in [3.63, 3.8) is 0 Å². The lowest BCUT2D eigenvalue weighted by molar-refractivity contribution is 0.0977. The molecule has 9 heteroatoms. The first kappa shape index (κ1) is 20.6. The van der Waals surface area contributed by atoms with Crippen molar-refractivity contribution in [3.05, 3.63) is 40.7 Å². The Kier molecular flexibility index (Phi) is 7.00. The normalized spacial score (nSPS) is 11.0. The van der Waals surface area contributed by atoms with Crippen LogP contribution >= 0.6 is 35.3 Å². The van der Waals surface area contributed by atoms with Gasteiger partial charge in [0.15, 0.2) is 10.8 Å². The molecule has 0 aliphatic carbocycles. The molecule has 0 bridgehead atoms. The molecule has 0 saturated heterocycles. The van der Waals surface area contributed by atoms with Crippen LogP contribution < -0.4 is 4.90 Å². The van der Waals surface area contributed by atoms with Gasteiger partial charge in [0.1, 0.15) is 5.76 Å². The lowest BCUT2D eigenvalue weighted by Crippen LogP contribution is -2.33. The molecule has 0 unspecified atom stereocenters. The van der Waals surface area contributed by atoms with E-state index >= 15 is 0 Å². The average Bonchev–Trinajstić information content (AvgIpc) is 3.16. The van der Waals surface area contributed by atoms with Crippen LogP contribution in [-0.4, -0.2) is 48.1 Å². The van der Waals surface area contributed by atoms with E-state index in [1.54, 1.807) is 24.0 Å². The quantitative estimate of drug-likeness (QED) is 0.602. The summed E-state index contributed by atoms with van der Waals surface area (Å²) in [6.45, 7) is 3.19. The van der Waals surface area contributed by atoms with Crippen LogP contribution in [0.5, 0.6) is 0 Å². The number of halogens is 2. The van der Waals surface area contributed by atoms with Gasteiger partial charge in [-0.05, 0) is 52.2 Å². The van der Waals surface area contributed by atoms with Crippen molar-refractivity contribution in [2.45, 2.75) is 13.3 Å². The molecule has 6 nitrogen and oxygen atoms in total. The van der Waals surface area contributed by atoms with Gasteiger partial charge in [-0.3, -0.25) is 9.69 Å². The Morgan fingerprint density at radius 3 is 2.69 bits per heavy atom. The van der Waals surface area contributed by atoms with Gasteiger partial charge in [0.05, 0.1) is 10.2 Å². The van der Waals surface area contributed by atoms with E-state index in [0.29, 0.717) is 28.2 Å². The monoisotopic (exact) mass is 414 g/mol. The van der Waals surface area contributed by atoms with Crippen LogP contribution in [0.25, 0.3) is 10.2 Å². The molecule has 0 N–H and O–H groups in total. The number of benzene rings is 1. The predicted octanol–water partition coefficient (Wildman–Crippen LogP) is 4.27. The molecule has 1 aromatic carbocycles. The van der Waals surface area contributed by atoms with E-state index < -0.39 is 0 Å². The standard InChI is InChI=1S/C17H19ClN4O2S.ClH/c1-11-9-14(20-24-11)16(23)22(8-4-7-21(2)3)17-19-13-6-5-12(18)10-15(13)25-17;/h5-6,9-10H,4,7-8H2,1-3H3;1H. The molecule has 2 heterocycles. The highest BCUT2D eigenvalue weighted by molar-refractivity contribution is 7.22. The van der Waals surface area contributed by atoms with Crippen molar-refractivity contribution < 1.29 is 9.32 Å². The number of carbonyl (C=O) groups excluding carboxylic acids is 1. The molecule has 0 aliphatic heterocycles. The van der Waals surface area contributed by atoms with Crippen LogP contribution in [0.3, 0.4) is 0 Å². The van der Waals surface area contributed by atoms with Crippen LogP contribution in [0.4, 0.5) is 5.13 Å². The number of carbonyl (C=O) groups is 1. The number of aromatic nitrogens is 2. The summed E-state index contributed by atoms with van der Waals surface area (Å²) in [5.41, 5.74) is 1.12. The molecule has 1 amide bonds. The summed E-state index contributed by atoms with van der Waals surface area (Å²) in [6.07, 6.45) is 0.826. The number of nitrogens with zero attached hydrogens (tertiary/aromatic N) is 4. The van der Waals surface area contributed by atoms with Crippen molar-refractivity contribution in [1.29, 1.82) is 0 Å². The summed E-state index contributed by atoms with van der Waals surface area (Å²) in [6, 6.07) is 7.17. The second-order valence-electron chi connectivity index (χ2n) is 6.04. The van der Waals surface area contributed by atoms with Crippen LogP contribution in [-0.2, 0) is 0 Å². The van der Waals surface area contributed by atoms with Gasteiger partial charge in [-0.15, -0.1) is 12.4 Å². The molecule has 0 saturated carbocycles. The first-order valence-corrected chi connectivity index (χ1v) is 9.09. The fraction of sp³-hybridized carbons (Fsp3) is 0.353. The number of hydrogen-bond acceptors (Lipinski definition) is 6. The minimum absolute atomic E-state index is 0. The third kappa shape index (κ3) is 4.73. The first-order valence-electron chi connectivity index (χ1n) is 7.90. The zero-order valence-electron chi connectivity index (χ0n) is 14.7. The number of amides is 1. The van der Waals surface area contributed by atoms with E-state index in [-0.39, 0.29) is 18.3 Å². The lowest BCUT2D eigenvalue weighted by atomic mass is 10.3. The van der Waals surface area contributed by atoms with Gasteiger partial charge in [-0.25, -0.2) is 4.98 Å². The van der Waals surface area contributed by atoms with E-state index in [0.717, 1.165) is 23.2 Å². The molecule has 0 spiro atoms. The van der Waals surface area contributed by atoms with Gasteiger partial charge in [-0.2, -0.15) is 0 Å². The Morgan fingerprint density at radius 2 is 2.04 bits per heavy atom. The van der Waals surface area contributed by atoms with Gasteiger partial charge in [0.25, 0.3) is 5.91 Å². The Hall–Kier alpha value is -1.67. The molecule has 0 radical (unpaired) electrons. The molecule has 0 aliphatic rings. The maximum absolute atomic E-state index is 12.9. The summed E-state index contributed by atoms with van der Waals surface area (Å²) in [5, 5.41) is 5.15. The molecule has 0 fully saturated rings. The van der Waals surface area contributed by atoms with Crippen molar-refractivity contribution in [1.82, 2.24) is 15.0 Å². The van der Waals surface area contributed by atoms with Crippen molar-refractivity contribution >= 4 is 56.6 Å². The molecular weight excluding hydrogens is 395 g/mol. The highest BCUT2D eigenvalue weighted by atomic mass is 35.5. The van der Waals surface area contributed by atoms with E-state index in [4.69, 9.17) is 16.1 Å². The van der Waals surface area contributed by atoms with E-state index in [1.165, 1.54) is 11.3 Å². The zero-order valence-corrected chi connectivity index (χ0v) is 17.1. The van der Waals surface area contributed by atoms with Gasteiger partial charge in [0, 0.05) is 17.6 Å². The van der Waals surface area contributed by atoms with Gasteiger partial charge in [0.2, 0.25) is 0 Å². The SMILES string of the molecule is Cc1cc(C(=O)N(CCCN(C)C)c2nc3ccc(Cl)cc3s2)no1.Cl. The molecule has 26 heavy (non-hydrogen) atoms. The van der Waals surface area contributed by atoms with Crippen LogP contribution in [0.15, 0.2) is 28.8 Å². The number of rotatable bonds is 6. The Labute approximate surface area is 167 Å². The number of aryl methyl sites for hydroxylation is 1. The highest BCUT2D eigenvalue weighted by Crippen LogP contribution is 2.31. The smallest absolute Gasteiger partial charge is 0.282 e. The zero-order chi connectivity index (χ0) is 18.0. The number of thiazole rings is 1. The summed E-state index contributed by atoms with van der Waals surface area (Å²) in [5.74, 6) is 0.397. The fourth-order valence-corrected chi connectivity index (χ4v) is 3.70. The van der Waals surface area contributed by atoms with Crippen molar-refractivity contribution in [3.8, 4) is 0 Å². The van der Waals surface area contributed by atoms with Crippen LogP contribution in [0.1, 0.15) is 22.7 Å². The number of anilines is 1. The Bertz CT molecular complexity index is 894. The lowest BCUT2D eigenvalue weighted by Gasteiger charge is -2.19. The third-order valence-corrected chi connectivity index (χ3v) is 4.93. The summed E-state index contributed by atoms with van der Waals surface area (Å²) < 4.78 is 6.00.